The maximum Gasteiger partial charge on any atom is 0.268 e. The highest BCUT2D eigenvalue weighted by Gasteiger charge is 2.38. The van der Waals surface area contributed by atoms with Gasteiger partial charge in [0.2, 0.25) is 0 Å². The van der Waals surface area contributed by atoms with Gasteiger partial charge in [-0.05, 0) is 0 Å². The third-order valence-electron chi connectivity index (χ3n) is 1.88. The van der Waals surface area contributed by atoms with E-state index in [1.54, 1.807) is 0 Å². The molecule has 70 valence electrons. The molecule has 1 heterocycles. The number of likely N-dealkylation sites (N-methyl/N-ethyl adjacent to an activating group) is 1. The lowest BCUT2D eigenvalue weighted by Gasteiger charge is -2.36. The van der Waals surface area contributed by atoms with Crippen LogP contribution in [0.3, 0.4) is 0 Å². The predicted octanol–water partition coefficient (Wildman–Crippen LogP) is -2.95. The topological polar surface area (TPSA) is 93.0 Å². The molecule has 6 heteroatoms. The first kappa shape index (κ1) is 9.40. The van der Waals surface area contributed by atoms with Crippen LogP contribution in [0.2, 0.25) is 0 Å². The van der Waals surface area contributed by atoms with Gasteiger partial charge in [-0.25, -0.2) is 5.43 Å². The SMILES string of the molecule is CN1N[C@@H](CO)[C@@H](O)[C@H](O)C1=O. The smallest absolute Gasteiger partial charge is 0.268 e. The summed E-state index contributed by atoms with van der Waals surface area (Å²) in [5.41, 5.74) is 2.52. The van der Waals surface area contributed by atoms with Crippen LogP contribution < -0.4 is 5.43 Å². The van der Waals surface area contributed by atoms with Gasteiger partial charge >= 0.3 is 0 Å². The first-order valence-electron chi connectivity index (χ1n) is 3.58. The van der Waals surface area contributed by atoms with Crippen molar-refractivity contribution in [2.75, 3.05) is 13.7 Å². The predicted molar refractivity (Wildman–Crippen MR) is 38.8 cm³/mol. The minimum absolute atomic E-state index is 0.337. The summed E-state index contributed by atoms with van der Waals surface area (Å²) in [5, 5.41) is 28.1. The average molecular weight is 176 g/mol. The number of carbonyl (C=O) groups excluding carboxylic acids is 1. The zero-order chi connectivity index (χ0) is 9.30. The lowest BCUT2D eigenvalue weighted by atomic mass is 10.0. The van der Waals surface area contributed by atoms with Crippen molar-refractivity contribution in [3.8, 4) is 0 Å². The van der Waals surface area contributed by atoms with Gasteiger partial charge < -0.3 is 15.3 Å². The van der Waals surface area contributed by atoms with Crippen LogP contribution in [0.4, 0.5) is 0 Å². The molecule has 1 aliphatic heterocycles. The fourth-order valence-electron chi connectivity index (χ4n) is 1.10. The zero-order valence-corrected chi connectivity index (χ0v) is 6.64. The summed E-state index contributed by atoms with van der Waals surface area (Å²) in [4.78, 5) is 11.0. The highest BCUT2D eigenvalue weighted by atomic mass is 16.3. The maximum atomic E-state index is 11.0. The average Bonchev–Trinajstić information content (AvgIpc) is 2.08. The molecule has 0 aromatic heterocycles. The molecule has 1 aliphatic rings. The second-order valence-electron chi connectivity index (χ2n) is 2.75. The summed E-state index contributed by atoms with van der Waals surface area (Å²) < 4.78 is 0. The zero-order valence-electron chi connectivity index (χ0n) is 6.64. The van der Waals surface area contributed by atoms with E-state index in [0.29, 0.717) is 0 Å². The van der Waals surface area contributed by atoms with E-state index in [-0.39, 0.29) is 6.61 Å². The van der Waals surface area contributed by atoms with E-state index in [2.05, 4.69) is 5.43 Å². The third-order valence-corrected chi connectivity index (χ3v) is 1.88. The van der Waals surface area contributed by atoms with Gasteiger partial charge in [-0.1, -0.05) is 0 Å². The number of hydrogen-bond acceptors (Lipinski definition) is 5. The molecule has 1 amide bonds. The van der Waals surface area contributed by atoms with Crippen molar-refractivity contribution in [2.45, 2.75) is 18.2 Å². The Kier molecular flexibility index (Phi) is 2.63. The molecule has 1 rings (SSSR count). The van der Waals surface area contributed by atoms with Crippen LogP contribution >= 0.6 is 0 Å². The third kappa shape index (κ3) is 1.42. The Bertz CT molecular complexity index is 186. The van der Waals surface area contributed by atoms with Crippen molar-refractivity contribution in [3.63, 3.8) is 0 Å². The van der Waals surface area contributed by atoms with Crippen molar-refractivity contribution in [3.05, 3.63) is 0 Å². The van der Waals surface area contributed by atoms with Crippen LogP contribution in [0.15, 0.2) is 0 Å². The summed E-state index contributed by atoms with van der Waals surface area (Å²) >= 11 is 0. The summed E-state index contributed by atoms with van der Waals surface area (Å²) in [6.45, 7) is -0.337. The van der Waals surface area contributed by atoms with Crippen LogP contribution in [0.5, 0.6) is 0 Å². The number of aliphatic hydroxyl groups excluding tert-OH is 3. The number of carbonyl (C=O) groups is 1. The standard InChI is InChI=1S/C6H12N2O4/c1-8-6(12)5(11)4(10)3(2-9)7-8/h3-5,7,9-11H,2H2,1H3/t3-,4+,5-/m0/s1. The van der Waals surface area contributed by atoms with Crippen molar-refractivity contribution < 1.29 is 20.1 Å². The number of nitrogens with one attached hydrogen (secondary N) is 1. The van der Waals surface area contributed by atoms with Gasteiger partial charge in [0.15, 0.2) is 6.10 Å². The van der Waals surface area contributed by atoms with Crippen molar-refractivity contribution >= 4 is 5.91 Å². The van der Waals surface area contributed by atoms with Gasteiger partial charge in [-0.15, -0.1) is 0 Å². The number of aliphatic hydroxyl groups is 3. The van der Waals surface area contributed by atoms with Gasteiger partial charge in [0.25, 0.3) is 5.91 Å². The largest absolute Gasteiger partial charge is 0.395 e. The van der Waals surface area contributed by atoms with Crippen molar-refractivity contribution in [1.82, 2.24) is 10.4 Å². The summed E-state index contributed by atoms with van der Waals surface area (Å²) in [6.07, 6.45) is -2.70. The quantitative estimate of drug-likeness (QED) is 0.343. The van der Waals surface area contributed by atoms with E-state index in [1.807, 2.05) is 0 Å². The fraction of sp³-hybridized carbons (Fsp3) is 0.833. The Morgan fingerprint density at radius 2 is 2.17 bits per heavy atom. The van der Waals surface area contributed by atoms with Crippen LogP contribution in [0.25, 0.3) is 0 Å². The number of rotatable bonds is 1. The number of hydrazine groups is 1. The Labute approximate surface area is 69.4 Å². The molecule has 1 saturated heterocycles. The van der Waals surface area contributed by atoms with E-state index in [1.165, 1.54) is 7.05 Å². The van der Waals surface area contributed by atoms with Gasteiger partial charge in [0.1, 0.15) is 6.10 Å². The van der Waals surface area contributed by atoms with Crippen LogP contribution in [0.1, 0.15) is 0 Å². The number of amides is 1. The minimum atomic E-state index is -1.45. The van der Waals surface area contributed by atoms with Gasteiger partial charge in [0, 0.05) is 7.05 Å². The Morgan fingerprint density at radius 1 is 1.58 bits per heavy atom. The Morgan fingerprint density at radius 3 is 2.67 bits per heavy atom. The molecule has 0 aromatic rings. The number of hydrogen-bond donors (Lipinski definition) is 4. The van der Waals surface area contributed by atoms with Gasteiger partial charge in [-0.2, -0.15) is 0 Å². The molecular formula is C6H12N2O4. The lowest BCUT2D eigenvalue weighted by molar-refractivity contribution is -0.162. The molecule has 12 heavy (non-hydrogen) atoms. The van der Waals surface area contributed by atoms with E-state index in [4.69, 9.17) is 10.2 Å². The van der Waals surface area contributed by atoms with E-state index in [9.17, 15) is 9.90 Å². The van der Waals surface area contributed by atoms with Crippen molar-refractivity contribution in [1.29, 1.82) is 0 Å². The monoisotopic (exact) mass is 176 g/mol. The van der Waals surface area contributed by atoms with Crippen LogP contribution in [-0.4, -0.2) is 58.1 Å². The summed E-state index contributed by atoms with van der Waals surface area (Å²) in [5.74, 6) is -0.604. The molecule has 4 N–H and O–H groups in total. The fourth-order valence-corrected chi connectivity index (χ4v) is 1.10. The summed E-state index contributed by atoms with van der Waals surface area (Å²) in [6, 6.07) is -0.692. The van der Waals surface area contributed by atoms with E-state index in [0.717, 1.165) is 5.01 Å². The minimum Gasteiger partial charge on any atom is -0.395 e. The first-order chi connectivity index (χ1) is 5.57. The molecular weight excluding hydrogens is 164 g/mol. The number of nitrogens with zero attached hydrogens (tertiary/aromatic N) is 1. The molecule has 0 aromatic carbocycles. The normalized spacial score (nSPS) is 37.2. The van der Waals surface area contributed by atoms with Crippen LogP contribution in [-0.2, 0) is 4.79 Å². The Balaban J connectivity index is 2.70. The van der Waals surface area contributed by atoms with E-state index < -0.39 is 24.2 Å². The second kappa shape index (κ2) is 3.36. The maximum absolute atomic E-state index is 11.0. The second-order valence-corrected chi connectivity index (χ2v) is 2.75. The lowest BCUT2D eigenvalue weighted by Crippen LogP contribution is -2.65. The highest BCUT2D eigenvalue weighted by molar-refractivity contribution is 5.81. The molecule has 0 saturated carbocycles. The first-order valence-corrected chi connectivity index (χ1v) is 3.58. The molecule has 0 aliphatic carbocycles. The van der Waals surface area contributed by atoms with Crippen molar-refractivity contribution in [2.24, 2.45) is 0 Å². The Hall–Kier alpha value is -0.690. The van der Waals surface area contributed by atoms with Gasteiger partial charge in [-0.3, -0.25) is 9.80 Å². The summed E-state index contributed by atoms with van der Waals surface area (Å²) in [7, 11) is 1.42. The molecule has 1 fully saturated rings. The highest BCUT2D eigenvalue weighted by Crippen LogP contribution is 2.08. The molecule has 0 spiro atoms. The molecule has 0 bridgehead atoms. The molecule has 6 nitrogen and oxygen atoms in total. The molecule has 0 unspecified atom stereocenters. The molecule has 3 atom stereocenters. The van der Waals surface area contributed by atoms with E-state index >= 15 is 0 Å². The van der Waals surface area contributed by atoms with Crippen LogP contribution in [0, 0.1) is 0 Å². The van der Waals surface area contributed by atoms with Gasteiger partial charge in [0.05, 0.1) is 12.6 Å². The molecule has 0 radical (unpaired) electrons.